The molecule has 60 valence electrons. The number of hydroxylamine groups is 1. The van der Waals surface area contributed by atoms with Gasteiger partial charge in [-0.25, -0.2) is 5.48 Å². The van der Waals surface area contributed by atoms with Crippen molar-refractivity contribution in [2.45, 2.75) is 0 Å². The molecule has 0 unspecified atom stereocenters. The molecule has 11 heavy (non-hydrogen) atoms. The number of nitrogens with zero attached hydrogens (tertiary/aromatic N) is 2. The quantitative estimate of drug-likeness (QED) is 0.597. The van der Waals surface area contributed by atoms with E-state index in [1.807, 2.05) is 0 Å². The highest BCUT2D eigenvalue weighted by Crippen LogP contribution is 1.94. The third kappa shape index (κ3) is 1.78. The van der Waals surface area contributed by atoms with Crippen LogP contribution in [0.1, 0.15) is 10.4 Å². The molecule has 5 heteroatoms. The van der Waals surface area contributed by atoms with Crippen molar-refractivity contribution in [2.75, 3.05) is 7.11 Å². The van der Waals surface area contributed by atoms with Gasteiger partial charge >= 0.3 is 0 Å². The molecule has 1 amide bonds. The number of aromatic nitrogens is 2. The number of rotatable bonds is 2. The van der Waals surface area contributed by atoms with Crippen LogP contribution in [0.15, 0.2) is 12.4 Å². The Hall–Kier alpha value is -1.36. The van der Waals surface area contributed by atoms with Gasteiger partial charge in [0, 0.05) is 13.2 Å². The van der Waals surface area contributed by atoms with Crippen LogP contribution in [-0.2, 0) is 11.9 Å². The molecule has 0 radical (unpaired) electrons. The van der Waals surface area contributed by atoms with Gasteiger partial charge in [0.05, 0.1) is 18.9 Å². The average molecular weight is 155 g/mol. The third-order valence-electron chi connectivity index (χ3n) is 1.16. The lowest BCUT2D eigenvalue weighted by Gasteiger charge is -1.96. The molecular formula is C6H9N3O2. The lowest BCUT2D eigenvalue weighted by atomic mass is 10.3. The van der Waals surface area contributed by atoms with Crippen LogP contribution < -0.4 is 5.48 Å². The van der Waals surface area contributed by atoms with Crippen LogP contribution in [0.3, 0.4) is 0 Å². The maximum atomic E-state index is 11.0. The molecule has 1 aromatic heterocycles. The minimum absolute atomic E-state index is 0.291. The van der Waals surface area contributed by atoms with Gasteiger partial charge < -0.3 is 0 Å². The molecular weight excluding hydrogens is 146 g/mol. The smallest absolute Gasteiger partial charge is 0.277 e. The van der Waals surface area contributed by atoms with E-state index in [2.05, 4.69) is 15.4 Å². The largest absolute Gasteiger partial charge is 0.278 e. The molecule has 1 rings (SSSR count). The van der Waals surface area contributed by atoms with Gasteiger partial charge in [-0.2, -0.15) is 5.10 Å². The van der Waals surface area contributed by atoms with E-state index in [9.17, 15) is 4.79 Å². The molecule has 0 atom stereocenters. The van der Waals surface area contributed by atoms with Crippen LogP contribution in [-0.4, -0.2) is 22.8 Å². The summed E-state index contributed by atoms with van der Waals surface area (Å²) < 4.78 is 1.55. The highest BCUT2D eigenvalue weighted by Gasteiger charge is 2.05. The Labute approximate surface area is 63.9 Å². The standard InChI is InChI=1S/C6H9N3O2/c1-9-4-5(3-7-9)6(10)8-11-2/h3-4H,1-2H3,(H,8,10). The zero-order valence-electron chi connectivity index (χ0n) is 6.37. The highest BCUT2D eigenvalue weighted by atomic mass is 16.6. The van der Waals surface area contributed by atoms with Gasteiger partial charge in [-0.3, -0.25) is 14.3 Å². The fraction of sp³-hybridized carbons (Fsp3) is 0.333. The van der Waals surface area contributed by atoms with Crippen molar-refractivity contribution < 1.29 is 9.63 Å². The molecule has 0 aliphatic rings. The molecule has 0 saturated carbocycles. The fourth-order valence-corrected chi connectivity index (χ4v) is 0.690. The zero-order valence-corrected chi connectivity index (χ0v) is 6.37. The second-order valence-electron chi connectivity index (χ2n) is 2.04. The van der Waals surface area contributed by atoms with Crippen LogP contribution >= 0.6 is 0 Å². The van der Waals surface area contributed by atoms with Crippen molar-refractivity contribution in [1.82, 2.24) is 15.3 Å². The first-order chi connectivity index (χ1) is 5.24. The van der Waals surface area contributed by atoms with E-state index in [4.69, 9.17) is 0 Å². The van der Waals surface area contributed by atoms with Crippen molar-refractivity contribution in [2.24, 2.45) is 7.05 Å². The topological polar surface area (TPSA) is 56.1 Å². The number of hydrogen-bond acceptors (Lipinski definition) is 3. The summed E-state index contributed by atoms with van der Waals surface area (Å²) in [7, 11) is 3.12. The van der Waals surface area contributed by atoms with Crippen molar-refractivity contribution in [3.8, 4) is 0 Å². The number of carbonyl (C=O) groups excluding carboxylic acids is 1. The van der Waals surface area contributed by atoms with Crippen LogP contribution in [0.2, 0.25) is 0 Å². The molecule has 1 N–H and O–H groups in total. The molecule has 1 aromatic rings. The van der Waals surface area contributed by atoms with Crippen molar-refractivity contribution >= 4 is 5.91 Å². The number of amides is 1. The van der Waals surface area contributed by atoms with E-state index in [0.717, 1.165) is 0 Å². The number of hydrogen-bond donors (Lipinski definition) is 1. The Morgan fingerprint density at radius 1 is 1.82 bits per heavy atom. The summed E-state index contributed by atoms with van der Waals surface area (Å²) in [6.45, 7) is 0. The van der Waals surface area contributed by atoms with Crippen LogP contribution in [0.4, 0.5) is 0 Å². The van der Waals surface area contributed by atoms with E-state index in [1.54, 1.807) is 17.9 Å². The van der Waals surface area contributed by atoms with Crippen molar-refractivity contribution in [1.29, 1.82) is 0 Å². The Balaban J connectivity index is 2.69. The summed E-state index contributed by atoms with van der Waals surface area (Å²) in [6.07, 6.45) is 3.07. The molecule has 5 nitrogen and oxygen atoms in total. The summed E-state index contributed by atoms with van der Waals surface area (Å²) in [4.78, 5) is 15.4. The maximum absolute atomic E-state index is 11.0. The SMILES string of the molecule is CONC(=O)c1cnn(C)c1. The first kappa shape index (κ1) is 7.74. The Bertz CT molecular complexity index is 256. The maximum Gasteiger partial charge on any atom is 0.278 e. The summed E-state index contributed by atoms with van der Waals surface area (Å²) >= 11 is 0. The van der Waals surface area contributed by atoms with Crippen molar-refractivity contribution in [3.05, 3.63) is 18.0 Å². The Kier molecular flexibility index (Phi) is 2.22. The van der Waals surface area contributed by atoms with E-state index < -0.39 is 0 Å². The second kappa shape index (κ2) is 3.16. The molecule has 0 bridgehead atoms. The normalized spacial score (nSPS) is 9.64. The van der Waals surface area contributed by atoms with Crippen LogP contribution in [0, 0.1) is 0 Å². The third-order valence-corrected chi connectivity index (χ3v) is 1.16. The van der Waals surface area contributed by atoms with E-state index in [1.165, 1.54) is 13.3 Å². The minimum Gasteiger partial charge on any atom is -0.277 e. The van der Waals surface area contributed by atoms with Gasteiger partial charge in [0.1, 0.15) is 0 Å². The van der Waals surface area contributed by atoms with Crippen LogP contribution in [0.5, 0.6) is 0 Å². The summed E-state index contributed by atoms with van der Waals surface area (Å²) in [5.41, 5.74) is 2.66. The molecule has 0 aliphatic heterocycles. The minimum atomic E-state index is -0.291. The molecule has 0 saturated heterocycles. The number of nitrogens with one attached hydrogen (secondary N) is 1. The highest BCUT2D eigenvalue weighted by molar-refractivity contribution is 5.92. The molecule has 0 aromatic carbocycles. The summed E-state index contributed by atoms with van der Waals surface area (Å²) in [6, 6.07) is 0. The van der Waals surface area contributed by atoms with E-state index in [0.29, 0.717) is 5.56 Å². The van der Waals surface area contributed by atoms with Gasteiger partial charge in [-0.05, 0) is 0 Å². The predicted octanol–water partition coefficient (Wildman–Crippen LogP) is -0.289. The first-order valence-corrected chi connectivity index (χ1v) is 3.06. The fourth-order valence-electron chi connectivity index (χ4n) is 0.690. The number of aryl methyl sites for hydroxylation is 1. The molecule has 0 fully saturated rings. The molecule has 0 aliphatic carbocycles. The lowest BCUT2D eigenvalue weighted by molar-refractivity contribution is 0.0537. The van der Waals surface area contributed by atoms with Gasteiger partial charge in [0.2, 0.25) is 0 Å². The average Bonchev–Trinajstić information content (AvgIpc) is 2.36. The van der Waals surface area contributed by atoms with Crippen molar-refractivity contribution in [3.63, 3.8) is 0 Å². The first-order valence-electron chi connectivity index (χ1n) is 3.06. The Morgan fingerprint density at radius 2 is 2.55 bits per heavy atom. The monoisotopic (exact) mass is 155 g/mol. The van der Waals surface area contributed by atoms with E-state index >= 15 is 0 Å². The zero-order chi connectivity index (χ0) is 8.27. The summed E-state index contributed by atoms with van der Waals surface area (Å²) in [5.74, 6) is -0.291. The number of carbonyl (C=O) groups is 1. The van der Waals surface area contributed by atoms with Gasteiger partial charge in [0.15, 0.2) is 0 Å². The Morgan fingerprint density at radius 3 is 3.00 bits per heavy atom. The van der Waals surface area contributed by atoms with Gasteiger partial charge in [0.25, 0.3) is 5.91 Å². The molecule has 0 spiro atoms. The van der Waals surface area contributed by atoms with Crippen LogP contribution in [0.25, 0.3) is 0 Å². The van der Waals surface area contributed by atoms with Gasteiger partial charge in [-0.15, -0.1) is 0 Å². The lowest BCUT2D eigenvalue weighted by Crippen LogP contribution is -2.21. The predicted molar refractivity (Wildman–Crippen MR) is 37.7 cm³/mol. The second-order valence-corrected chi connectivity index (χ2v) is 2.04. The summed E-state index contributed by atoms with van der Waals surface area (Å²) in [5, 5.41) is 3.82. The molecule has 1 heterocycles. The van der Waals surface area contributed by atoms with E-state index in [-0.39, 0.29) is 5.91 Å². The van der Waals surface area contributed by atoms with Gasteiger partial charge in [-0.1, -0.05) is 0 Å².